The normalized spacial score (nSPS) is 11.9. The van der Waals surface area contributed by atoms with E-state index in [2.05, 4.69) is 72.8 Å². The molecule has 28 heavy (non-hydrogen) atoms. The van der Waals surface area contributed by atoms with E-state index in [0.717, 1.165) is 35.8 Å². The summed E-state index contributed by atoms with van der Waals surface area (Å²) < 4.78 is 6.71. The van der Waals surface area contributed by atoms with Crippen LogP contribution < -0.4 is 0 Å². The van der Waals surface area contributed by atoms with Crippen molar-refractivity contribution < 1.29 is 9.53 Å². The summed E-state index contributed by atoms with van der Waals surface area (Å²) in [5.74, 6) is 0. The van der Waals surface area contributed by atoms with E-state index in [-0.39, 0.29) is 5.41 Å². The predicted molar refractivity (Wildman–Crippen MR) is 114 cm³/mol. The van der Waals surface area contributed by atoms with Gasteiger partial charge in [-0.15, -0.1) is 0 Å². The highest BCUT2D eigenvalue weighted by atomic mass is 16.5. The molecule has 0 bridgehead atoms. The SMILES string of the molecule is CC(C)(C=O)CCCOC(c1ccccc1)(c1ccccc1)c1ccccc1. The molecule has 0 aliphatic heterocycles. The van der Waals surface area contributed by atoms with E-state index in [4.69, 9.17) is 4.74 Å². The van der Waals surface area contributed by atoms with Crippen molar-refractivity contribution in [1.82, 2.24) is 0 Å². The number of rotatable bonds is 9. The molecule has 0 fully saturated rings. The molecule has 0 spiro atoms. The molecule has 0 atom stereocenters. The molecule has 0 radical (unpaired) electrons. The topological polar surface area (TPSA) is 26.3 Å². The molecule has 0 N–H and O–H groups in total. The maximum atomic E-state index is 11.2. The van der Waals surface area contributed by atoms with Crippen LogP contribution in [0.15, 0.2) is 91.0 Å². The second-order valence-electron chi connectivity index (χ2n) is 7.84. The number of hydrogen-bond acceptors (Lipinski definition) is 2. The molecule has 0 unspecified atom stereocenters. The Balaban J connectivity index is 2.03. The fraction of sp³-hybridized carbons (Fsp3) is 0.269. The van der Waals surface area contributed by atoms with Crippen LogP contribution in [0.2, 0.25) is 0 Å². The minimum atomic E-state index is -0.685. The van der Waals surface area contributed by atoms with Gasteiger partial charge in [0.25, 0.3) is 0 Å². The molecule has 0 saturated heterocycles. The van der Waals surface area contributed by atoms with Gasteiger partial charge < -0.3 is 9.53 Å². The van der Waals surface area contributed by atoms with Crippen LogP contribution in [0.1, 0.15) is 43.4 Å². The first-order valence-electron chi connectivity index (χ1n) is 9.85. The lowest BCUT2D eigenvalue weighted by Gasteiger charge is -2.36. The van der Waals surface area contributed by atoms with Crippen molar-refractivity contribution in [3.05, 3.63) is 108 Å². The third-order valence-corrected chi connectivity index (χ3v) is 5.14. The first-order valence-corrected chi connectivity index (χ1v) is 9.85. The van der Waals surface area contributed by atoms with Gasteiger partial charge in [0, 0.05) is 12.0 Å². The molecule has 0 aliphatic rings. The van der Waals surface area contributed by atoms with Gasteiger partial charge in [-0.1, -0.05) is 105 Å². The Labute approximate surface area is 168 Å². The summed E-state index contributed by atoms with van der Waals surface area (Å²) in [6.45, 7) is 4.51. The van der Waals surface area contributed by atoms with Crippen LogP contribution >= 0.6 is 0 Å². The van der Waals surface area contributed by atoms with Crippen molar-refractivity contribution in [3.63, 3.8) is 0 Å². The van der Waals surface area contributed by atoms with Crippen molar-refractivity contribution in [2.45, 2.75) is 32.3 Å². The molecular weight excluding hydrogens is 344 g/mol. The predicted octanol–water partition coefficient (Wildman–Crippen LogP) is 6.00. The van der Waals surface area contributed by atoms with Gasteiger partial charge in [0.15, 0.2) is 0 Å². The van der Waals surface area contributed by atoms with Crippen molar-refractivity contribution in [2.75, 3.05) is 6.61 Å². The Bertz CT molecular complexity index is 758. The maximum absolute atomic E-state index is 11.2. The minimum Gasteiger partial charge on any atom is -0.361 e. The number of aldehydes is 1. The number of benzene rings is 3. The molecule has 3 rings (SSSR count). The van der Waals surface area contributed by atoms with Crippen LogP contribution in [0, 0.1) is 5.41 Å². The zero-order valence-corrected chi connectivity index (χ0v) is 16.7. The standard InChI is InChI=1S/C26H28O2/c1-25(2,21-27)19-12-20-28-26(22-13-6-3-7-14-22,23-15-8-4-9-16-23)24-17-10-5-11-18-24/h3-11,13-18,21H,12,19-20H2,1-2H3. The Morgan fingerprint density at radius 3 is 1.46 bits per heavy atom. The van der Waals surface area contributed by atoms with E-state index in [1.165, 1.54) is 0 Å². The summed E-state index contributed by atoms with van der Waals surface area (Å²) in [6, 6.07) is 31.1. The maximum Gasteiger partial charge on any atom is 0.143 e. The zero-order chi connectivity index (χ0) is 19.9. The molecule has 2 nitrogen and oxygen atoms in total. The van der Waals surface area contributed by atoms with Crippen LogP contribution in [-0.4, -0.2) is 12.9 Å². The molecule has 144 valence electrons. The molecule has 3 aromatic rings. The highest BCUT2D eigenvalue weighted by Crippen LogP contribution is 2.40. The van der Waals surface area contributed by atoms with Gasteiger partial charge in [-0.25, -0.2) is 0 Å². The fourth-order valence-corrected chi connectivity index (χ4v) is 3.58. The van der Waals surface area contributed by atoms with Gasteiger partial charge in [-0.05, 0) is 29.5 Å². The van der Waals surface area contributed by atoms with Gasteiger partial charge >= 0.3 is 0 Å². The number of ether oxygens (including phenoxy) is 1. The Morgan fingerprint density at radius 2 is 1.11 bits per heavy atom. The zero-order valence-electron chi connectivity index (χ0n) is 16.7. The lowest BCUT2D eigenvalue weighted by atomic mass is 9.80. The van der Waals surface area contributed by atoms with Crippen LogP contribution in [0.25, 0.3) is 0 Å². The molecular formula is C26H28O2. The summed E-state index contributed by atoms with van der Waals surface area (Å²) in [4.78, 5) is 11.2. The fourth-order valence-electron chi connectivity index (χ4n) is 3.58. The number of hydrogen-bond donors (Lipinski definition) is 0. The molecule has 0 amide bonds. The largest absolute Gasteiger partial charge is 0.361 e. The third kappa shape index (κ3) is 4.40. The molecule has 0 aliphatic carbocycles. The van der Waals surface area contributed by atoms with E-state index >= 15 is 0 Å². The highest BCUT2D eigenvalue weighted by molar-refractivity contribution is 5.57. The first-order chi connectivity index (χ1) is 13.6. The van der Waals surface area contributed by atoms with E-state index in [1.54, 1.807) is 0 Å². The molecule has 0 saturated carbocycles. The summed E-state index contributed by atoms with van der Waals surface area (Å²) in [6.07, 6.45) is 2.65. The van der Waals surface area contributed by atoms with Gasteiger partial charge in [-0.2, -0.15) is 0 Å². The van der Waals surface area contributed by atoms with Gasteiger partial charge in [-0.3, -0.25) is 0 Å². The Morgan fingerprint density at radius 1 is 0.714 bits per heavy atom. The molecule has 3 aromatic carbocycles. The smallest absolute Gasteiger partial charge is 0.143 e. The molecule has 0 aromatic heterocycles. The first kappa shape index (κ1) is 20.0. The van der Waals surface area contributed by atoms with Crippen LogP contribution in [0.4, 0.5) is 0 Å². The average Bonchev–Trinajstić information content (AvgIpc) is 2.76. The van der Waals surface area contributed by atoms with Crippen molar-refractivity contribution >= 4 is 6.29 Å². The van der Waals surface area contributed by atoms with E-state index in [1.807, 2.05) is 32.0 Å². The van der Waals surface area contributed by atoms with Gasteiger partial charge in [0.1, 0.15) is 11.9 Å². The molecule has 2 heteroatoms. The van der Waals surface area contributed by atoms with Crippen molar-refractivity contribution in [1.29, 1.82) is 0 Å². The second kappa shape index (κ2) is 8.99. The van der Waals surface area contributed by atoms with E-state index in [9.17, 15) is 4.79 Å². The summed E-state index contributed by atoms with van der Waals surface area (Å²) in [5, 5.41) is 0. The van der Waals surface area contributed by atoms with Crippen LogP contribution in [-0.2, 0) is 15.1 Å². The quantitative estimate of drug-likeness (QED) is 0.261. The Hall–Kier alpha value is -2.71. The summed E-state index contributed by atoms with van der Waals surface area (Å²) in [5.41, 5.74) is 2.29. The van der Waals surface area contributed by atoms with Gasteiger partial charge in [0.05, 0.1) is 0 Å². The average molecular weight is 373 g/mol. The lowest BCUT2D eigenvalue weighted by Crippen LogP contribution is -2.33. The second-order valence-corrected chi connectivity index (χ2v) is 7.84. The minimum absolute atomic E-state index is 0.321. The van der Waals surface area contributed by atoms with Crippen molar-refractivity contribution in [3.8, 4) is 0 Å². The monoisotopic (exact) mass is 372 g/mol. The molecule has 0 heterocycles. The number of carbonyl (C=O) groups is 1. The van der Waals surface area contributed by atoms with Crippen LogP contribution in [0.3, 0.4) is 0 Å². The third-order valence-electron chi connectivity index (χ3n) is 5.14. The van der Waals surface area contributed by atoms with Crippen molar-refractivity contribution in [2.24, 2.45) is 5.41 Å². The van der Waals surface area contributed by atoms with E-state index in [0.29, 0.717) is 6.61 Å². The number of carbonyl (C=O) groups excluding carboxylic acids is 1. The lowest BCUT2D eigenvalue weighted by molar-refractivity contribution is -0.115. The van der Waals surface area contributed by atoms with Gasteiger partial charge in [0.2, 0.25) is 0 Å². The summed E-state index contributed by atoms with van der Waals surface area (Å²) in [7, 11) is 0. The highest BCUT2D eigenvalue weighted by Gasteiger charge is 2.37. The summed E-state index contributed by atoms with van der Waals surface area (Å²) >= 11 is 0. The Kier molecular flexibility index (Phi) is 6.43. The van der Waals surface area contributed by atoms with Crippen LogP contribution in [0.5, 0.6) is 0 Å². The van der Waals surface area contributed by atoms with E-state index < -0.39 is 5.60 Å².